The lowest BCUT2D eigenvalue weighted by Crippen LogP contribution is -2.37. The molecule has 0 bridgehead atoms. The average molecular weight is 350 g/mol. The van der Waals surface area contributed by atoms with E-state index in [0.717, 1.165) is 16.7 Å². The number of nitrogens with one attached hydrogen (secondary N) is 1. The molecule has 4 rings (SSSR count). The van der Waals surface area contributed by atoms with Crippen molar-refractivity contribution >= 4 is 22.4 Å². The summed E-state index contributed by atoms with van der Waals surface area (Å²) >= 11 is 1.41. The van der Waals surface area contributed by atoms with E-state index in [1.165, 1.54) is 11.3 Å². The summed E-state index contributed by atoms with van der Waals surface area (Å²) in [7, 11) is 0. The maximum Gasteiger partial charge on any atom is 0.233 e. The molecule has 1 amide bonds. The van der Waals surface area contributed by atoms with E-state index in [2.05, 4.69) is 10.3 Å². The van der Waals surface area contributed by atoms with Crippen LogP contribution >= 0.6 is 11.3 Å². The number of thiazole rings is 1. The average Bonchev–Trinajstić information content (AvgIpc) is 3.21. The van der Waals surface area contributed by atoms with Crippen LogP contribution in [0.4, 0.5) is 5.13 Å². The van der Waals surface area contributed by atoms with Crippen LogP contribution in [0, 0.1) is 5.41 Å². The van der Waals surface area contributed by atoms with Crippen molar-refractivity contribution in [2.24, 2.45) is 5.41 Å². The Morgan fingerprint density at radius 1 is 1.28 bits per heavy atom. The minimum Gasteiger partial charge on any atom is -0.508 e. The largest absolute Gasteiger partial charge is 0.508 e. The fourth-order valence-corrected chi connectivity index (χ4v) is 4.31. The highest BCUT2D eigenvalue weighted by Crippen LogP contribution is 2.52. The molecule has 3 aromatic rings. The van der Waals surface area contributed by atoms with Crippen LogP contribution in [0.1, 0.15) is 29.5 Å². The van der Waals surface area contributed by atoms with Gasteiger partial charge in [0.15, 0.2) is 5.13 Å². The van der Waals surface area contributed by atoms with Crippen LogP contribution in [0.25, 0.3) is 0 Å². The van der Waals surface area contributed by atoms with Gasteiger partial charge in [0.2, 0.25) is 5.91 Å². The lowest BCUT2D eigenvalue weighted by atomic mass is 9.73. The number of rotatable bonds is 3. The summed E-state index contributed by atoms with van der Waals surface area (Å²) in [6.45, 7) is 1.99. The Balaban J connectivity index is 1.79. The second-order valence-electron chi connectivity index (χ2n) is 6.61. The van der Waals surface area contributed by atoms with Crippen LogP contribution in [0.3, 0.4) is 0 Å². The Hall–Kier alpha value is -2.66. The molecule has 0 aliphatic heterocycles. The number of hydrogen-bond acceptors (Lipinski definition) is 4. The smallest absolute Gasteiger partial charge is 0.233 e. The molecule has 5 heteroatoms. The van der Waals surface area contributed by atoms with Gasteiger partial charge < -0.3 is 10.4 Å². The summed E-state index contributed by atoms with van der Waals surface area (Å²) in [5.41, 5.74) is 2.54. The van der Waals surface area contributed by atoms with Crippen molar-refractivity contribution in [2.45, 2.75) is 19.3 Å². The molecule has 1 aromatic heterocycles. The van der Waals surface area contributed by atoms with Crippen molar-refractivity contribution in [3.8, 4) is 5.75 Å². The number of phenols is 1. The highest BCUT2D eigenvalue weighted by atomic mass is 32.1. The van der Waals surface area contributed by atoms with E-state index in [1.54, 1.807) is 18.3 Å². The first-order chi connectivity index (χ1) is 12.1. The molecule has 0 radical (unpaired) electrons. The van der Waals surface area contributed by atoms with Gasteiger partial charge in [-0.3, -0.25) is 4.79 Å². The van der Waals surface area contributed by atoms with E-state index >= 15 is 0 Å². The summed E-state index contributed by atoms with van der Waals surface area (Å²) in [5, 5.41) is 15.4. The summed E-state index contributed by atoms with van der Waals surface area (Å²) in [6, 6.07) is 15.4. The van der Waals surface area contributed by atoms with Gasteiger partial charge in [-0.15, -0.1) is 11.3 Å². The molecular formula is C20H18N2O2S. The van der Waals surface area contributed by atoms with Crippen molar-refractivity contribution in [2.75, 3.05) is 5.32 Å². The molecule has 126 valence electrons. The minimum absolute atomic E-state index is 0.0491. The monoisotopic (exact) mass is 350 g/mol. The number of nitrogens with zero attached hydrogens (tertiary/aromatic N) is 1. The lowest BCUT2D eigenvalue weighted by Gasteiger charge is -2.30. The van der Waals surface area contributed by atoms with Gasteiger partial charge in [0.25, 0.3) is 0 Å². The van der Waals surface area contributed by atoms with Crippen LogP contribution in [0.15, 0.2) is 60.1 Å². The van der Waals surface area contributed by atoms with Crippen LogP contribution in [0.5, 0.6) is 5.75 Å². The number of hydrogen-bond donors (Lipinski definition) is 2. The lowest BCUT2D eigenvalue weighted by molar-refractivity contribution is -0.125. The van der Waals surface area contributed by atoms with Gasteiger partial charge in [-0.2, -0.15) is 0 Å². The second kappa shape index (κ2) is 6.01. The zero-order valence-corrected chi connectivity index (χ0v) is 14.6. The third-order valence-corrected chi connectivity index (χ3v) is 5.63. The molecular weight excluding hydrogens is 332 g/mol. The van der Waals surface area contributed by atoms with Gasteiger partial charge in [-0.25, -0.2) is 4.98 Å². The van der Waals surface area contributed by atoms with Crippen molar-refractivity contribution in [3.63, 3.8) is 0 Å². The molecule has 0 spiro atoms. The van der Waals surface area contributed by atoms with E-state index in [9.17, 15) is 9.90 Å². The van der Waals surface area contributed by atoms with Gasteiger partial charge in [0.1, 0.15) is 5.75 Å². The van der Waals surface area contributed by atoms with E-state index in [-0.39, 0.29) is 17.6 Å². The maximum absolute atomic E-state index is 13.2. The van der Waals surface area contributed by atoms with Gasteiger partial charge in [0.05, 0.1) is 5.41 Å². The number of fused-ring (bicyclic) bond motifs is 1. The molecule has 0 unspecified atom stereocenters. The van der Waals surface area contributed by atoms with E-state index in [0.29, 0.717) is 11.6 Å². The zero-order chi connectivity index (χ0) is 17.4. The van der Waals surface area contributed by atoms with Crippen LogP contribution < -0.4 is 5.32 Å². The zero-order valence-electron chi connectivity index (χ0n) is 13.8. The molecule has 0 saturated heterocycles. The van der Waals surface area contributed by atoms with E-state index in [4.69, 9.17) is 0 Å². The highest BCUT2D eigenvalue weighted by Gasteiger charge is 2.49. The number of carbonyl (C=O) groups is 1. The van der Waals surface area contributed by atoms with Crippen molar-refractivity contribution < 1.29 is 9.90 Å². The van der Waals surface area contributed by atoms with Crippen LogP contribution in [-0.4, -0.2) is 16.0 Å². The summed E-state index contributed by atoms with van der Waals surface area (Å²) < 4.78 is 0. The number of benzene rings is 2. The normalized spacial score (nSPS) is 21.7. The minimum atomic E-state index is -0.650. The third-order valence-electron chi connectivity index (χ3n) is 4.94. The molecule has 1 aliphatic rings. The van der Waals surface area contributed by atoms with Gasteiger partial charge in [0, 0.05) is 17.5 Å². The van der Waals surface area contributed by atoms with Gasteiger partial charge in [-0.1, -0.05) is 36.4 Å². The number of aromatic nitrogens is 1. The second-order valence-corrected chi connectivity index (χ2v) is 7.51. The van der Waals surface area contributed by atoms with Crippen LogP contribution in [-0.2, 0) is 11.2 Å². The van der Waals surface area contributed by atoms with Gasteiger partial charge >= 0.3 is 0 Å². The fraction of sp³-hybridized carbons (Fsp3) is 0.200. The number of carbonyl (C=O) groups excluding carboxylic acids is 1. The number of aromatic hydroxyl groups is 1. The Morgan fingerprint density at radius 3 is 2.80 bits per heavy atom. The van der Waals surface area contributed by atoms with Gasteiger partial charge in [-0.05, 0) is 42.2 Å². The first-order valence-corrected chi connectivity index (χ1v) is 9.03. The first-order valence-electron chi connectivity index (χ1n) is 8.15. The quantitative estimate of drug-likeness (QED) is 0.745. The molecule has 2 aromatic carbocycles. The van der Waals surface area contributed by atoms with E-state index in [1.807, 2.05) is 48.7 Å². The SMILES string of the molecule is C[C@]1(C(=O)Nc2nccs2)Cc2ccc(O)cc2[C@H]1c1ccccc1. The number of phenolic OH excluding ortho intramolecular Hbond substituents is 1. The maximum atomic E-state index is 13.2. The molecule has 25 heavy (non-hydrogen) atoms. The van der Waals surface area contributed by atoms with E-state index < -0.39 is 5.41 Å². The predicted molar refractivity (Wildman–Crippen MR) is 98.9 cm³/mol. The third kappa shape index (κ3) is 2.70. The highest BCUT2D eigenvalue weighted by molar-refractivity contribution is 7.13. The molecule has 2 atom stereocenters. The first kappa shape index (κ1) is 15.8. The van der Waals surface area contributed by atoms with Crippen LogP contribution in [0.2, 0.25) is 0 Å². The predicted octanol–water partition coefficient (Wildman–Crippen LogP) is 4.18. The summed E-state index contributed by atoms with van der Waals surface area (Å²) in [6.07, 6.45) is 2.30. The fourth-order valence-electron chi connectivity index (χ4n) is 3.78. The topological polar surface area (TPSA) is 62.2 Å². The molecule has 4 nitrogen and oxygen atoms in total. The Bertz CT molecular complexity index is 909. The van der Waals surface area contributed by atoms with Crippen molar-refractivity contribution in [1.29, 1.82) is 0 Å². The Morgan fingerprint density at radius 2 is 2.08 bits per heavy atom. The molecule has 0 saturated carbocycles. The number of amides is 1. The standard InChI is InChI=1S/C20H18N2O2S/c1-20(18(24)22-19-21-9-10-25-19)12-14-7-8-15(23)11-16(14)17(20)13-5-3-2-4-6-13/h2-11,17,23H,12H2,1H3,(H,21,22,24)/t17-,20+/m1/s1. The summed E-state index contributed by atoms with van der Waals surface area (Å²) in [5.74, 6) is 0.0621. The Kier molecular flexibility index (Phi) is 3.81. The molecule has 0 fully saturated rings. The Labute approximate surface area is 150 Å². The molecule has 1 heterocycles. The molecule has 1 aliphatic carbocycles. The number of anilines is 1. The van der Waals surface area contributed by atoms with Crippen molar-refractivity contribution in [3.05, 3.63) is 76.8 Å². The molecule has 2 N–H and O–H groups in total. The summed E-state index contributed by atoms with van der Waals surface area (Å²) in [4.78, 5) is 17.3. The van der Waals surface area contributed by atoms with Crippen molar-refractivity contribution in [1.82, 2.24) is 4.98 Å².